The second kappa shape index (κ2) is 12.6. The molecule has 1 amide bonds. The molecule has 1 unspecified atom stereocenters. The predicted molar refractivity (Wildman–Crippen MR) is 139 cm³/mol. The van der Waals surface area contributed by atoms with E-state index in [1.54, 1.807) is 0 Å². The van der Waals surface area contributed by atoms with Crippen LogP contribution in [0.4, 0.5) is 0 Å². The summed E-state index contributed by atoms with van der Waals surface area (Å²) in [6.07, 6.45) is 11.7. The summed E-state index contributed by atoms with van der Waals surface area (Å²) in [6.45, 7) is 11.9. The van der Waals surface area contributed by atoms with Gasteiger partial charge in [0.15, 0.2) is 0 Å². The molecule has 2 N–H and O–H groups in total. The van der Waals surface area contributed by atoms with E-state index in [1.807, 2.05) is 23.1 Å². The molecule has 2 aliphatic rings. The minimum absolute atomic E-state index is 0.0257. The Kier molecular flexibility index (Phi) is 9.78. The van der Waals surface area contributed by atoms with E-state index in [4.69, 9.17) is 9.99 Å². The maximum atomic E-state index is 13.6. The lowest BCUT2D eigenvalue weighted by Gasteiger charge is -2.36. The lowest BCUT2D eigenvalue weighted by Crippen LogP contribution is -2.49. The molecule has 1 atom stereocenters. The Labute approximate surface area is 209 Å². The number of amides is 1. The quantitative estimate of drug-likeness (QED) is 0.192. The Morgan fingerprint density at radius 3 is 2.63 bits per heavy atom. The third kappa shape index (κ3) is 7.09. The maximum absolute atomic E-state index is 13.6. The highest BCUT2D eigenvalue weighted by molar-refractivity contribution is 6.00. The highest BCUT2D eigenvalue weighted by Crippen LogP contribution is 2.42. The Hall–Kier alpha value is -2.35. The van der Waals surface area contributed by atoms with E-state index in [0.29, 0.717) is 49.6 Å². The summed E-state index contributed by atoms with van der Waals surface area (Å²) in [5.74, 6) is 0.555. The fourth-order valence-electron chi connectivity index (χ4n) is 4.79. The molecule has 7 nitrogen and oxygen atoms in total. The van der Waals surface area contributed by atoms with Crippen molar-refractivity contribution in [2.45, 2.75) is 71.8 Å². The molecule has 0 aliphatic carbocycles. The van der Waals surface area contributed by atoms with E-state index in [9.17, 15) is 9.90 Å². The Bertz CT molecular complexity index is 930. The summed E-state index contributed by atoms with van der Waals surface area (Å²) in [6, 6.07) is 1.98. The monoisotopic (exact) mass is 486 g/mol. The average molecular weight is 487 g/mol. The van der Waals surface area contributed by atoms with Crippen LogP contribution in [0.5, 0.6) is 11.5 Å². The molecule has 1 saturated heterocycles. The molecule has 0 saturated carbocycles. The van der Waals surface area contributed by atoms with E-state index in [1.165, 1.54) is 5.57 Å². The fourth-order valence-corrected chi connectivity index (χ4v) is 4.79. The van der Waals surface area contributed by atoms with E-state index in [0.717, 1.165) is 44.1 Å². The molecule has 194 valence electrons. The first-order valence-electron chi connectivity index (χ1n) is 13.0. The highest BCUT2D eigenvalue weighted by atomic mass is 17.1. The van der Waals surface area contributed by atoms with Gasteiger partial charge in [0.05, 0.1) is 17.7 Å². The number of carbonyl (C=O) groups excluding carboxylic acids is 1. The van der Waals surface area contributed by atoms with Crippen LogP contribution in [-0.2, 0) is 11.3 Å². The van der Waals surface area contributed by atoms with Crippen molar-refractivity contribution < 1.29 is 24.8 Å². The zero-order valence-electron chi connectivity index (χ0n) is 21.8. The number of hydrogen-bond donors (Lipinski definition) is 2. The molecule has 0 aromatic heterocycles. The van der Waals surface area contributed by atoms with Gasteiger partial charge in [0, 0.05) is 32.7 Å². The topological polar surface area (TPSA) is 82.5 Å². The number of unbranched alkanes of at least 4 members (excludes halogenated alkanes) is 2. The molecular weight excluding hydrogens is 444 g/mol. The van der Waals surface area contributed by atoms with E-state index < -0.39 is 5.60 Å². The number of phenolic OH excluding ortho intramolecular Hbond substituents is 1. The molecular formula is C28H42N2O5. The van der Waals surface area contributed by atoms with Crippen LogP contribution < -0.4 is 4.74 Å². The number of ether oxygens (including phenoxy) is 1. The van der Waals surface area contributed by atoms with Crippen molar-refractivity contribution in [3.05, 3.63) is 40.5 Å². The van der Waals surface area contributed by atoms with Crippen molar-refractivity contribution in [3.63, 3.8) is 0 Å². The van der Waals surface area contributed by atoms with E-state index in [2.05, 4.69) is 43.6 Å². The van der Waals surface area contributed by atoms with Gasteiger partial charge in [0.25, 0.3) is 5.91 Å². The minimum Gasteiger partial charge on any atom is -0.506 e. The molecule has 1 fully saturated rings. The largest absolute Gasteiger partial charge is 0.506 e. The number of benzene rings is 1. The van der Waals surface area contributed by atoms with Crippen molar-refractivity contribution in [1.82, 2.24) is 9.80 Å². The molecule has 7 heteroatoms. The number of nitrogens with zero attached hydrogens (tertiary/aromatic N) is 2. The van der Waals surface area contributed by atoms with Crippen LogP contribution >= 0.6 is 0 Å². The second-order valence-corrected chi connectivity index (χ2v) is 10.2. The molecule has 0 spiro atoms. The van der Waals surface area contributed by atoms with Crippen LogP contribution in [0.3, 0.4) is 0 Å². The van der Waals surface area contributed by atoms with Crippen LogP contribution in [0.25, 0.3) is 6.08 Å². The van der Waals surface area contributed by atoms with E-state index >= 15 is 0 Å². The smallest absolute Gasteiger partial charge is 0.258 e. The Balaban J connectivity index is 1.85. The van der Waals surface area contributed by atoms with Gasteiger partial charge >= 0.3 is 0 Å². The third-order valence-corrected chi connectivity index (χ3v) is 6.94. The summed E-state index contributed by atoms with van der Waals surface area (Å²) in [4.78, 5) is 21.8. The van der Waals surface area contributed by atoms with Crippen molar-refractivity contribution in [1.29, 1.82) is 0 Å². The van der Waals surface area contributed by atoms with Crippen molar-refractivity contribution in [2.24, 2.45) is 0 Å². The first kappa shape index (κ1) is 27.2. The predicted octanol–water partition coefficient (Wildman–Crippen LogP) is 5.28. The number of allylic oxidation sites excluding steroid dienone is 2. The van der Waals surface area contributed by atoms with Crippen LogP contribution in [0.1, 0.15) is 81.3 Å². The van der Waals surface area contributed by atoms with Crippen molar-refractivity contribution in [3.8, 4) is 11.5 Å². The third-order valence-electron chi connectivity index (χ3n) is 6.94. The number of carbonyl (C=O) groups is 1. The first-order valence-corrected chi connectivity index (χ1v) is 13.0. The number of piperazine rings is 1. The zero-order chi connectivity index (χ0) is 25.4. The SMILES string of the molecule is CCCCCc1cc2c(c(O)c1C(=O)N1CCN(CCOO)CC1)C=CC(C)(CCC=C(C)C)O2. The van der Waals surface area contributed by atoms with Gasteiger partial charge in [-0.2, -0.15) is 0 Å². The number of aryl methyl sites for hydroxylation is 1. The summed E-state index contributed by atoms with van der Waals surface area (Å²) in [5, 5.41) is 19.9. The van der Waals surface area contributed by atoms with Gasteiger partial charge in [-0.15, -0.1) is 0 Å². The van der Waals surface area contributed by atoms with Crippen molar-refractivity contribution in [2.75, 3.05) is 39.3 Å². The van der Waals surface area contributed by atoms with Gasteiger partial charge in [0.2, 0.25) is 0 Å². The zero-order valence-corrected chi connectivity index (χ0v) is 21.8. The van der Waals surface area contributed by atoms with Gasteiger partial charge in [-0.25, -0.2) is 4.89 Å². The molecule has 3 rings (SSSR count). The summed E-state index contributed by atoms with van der Waals surface area (Å²) < 4.78 is 6.42. The normalized spacial score (nSPS) is 19.9. The van der Waals surface area contributed by atoms with Gasteiger partial charge in [-0.3, -0.25) is 15.0 Å². The molecule has 35 heavy (non-hydrogen) atoms. The molecule has 2 heterocycles. The number of aromatic hydroxyl groups is 1. The highest BCUT2D eigenvalue weighted by Gasteiger charge is 2.33. The summed E-state index contributed by atoms with van der Waals surface area (Å²) in [7, 11) is 0. The van der Waals surface area contributed by atoms with Crippen LogP contribution in [-0.4, -0.2) is 71.0 Å². The van der Waals surface area contributed by atoms with Crippen LogP contribution in [0, 0.1) is 0 Å². The number of rotatable bonds is 11. The Morgan fingerprint density at radius 2 is 1.97 bits per heavy atom. The standard InChI is InChI=1S/C28H42N2O5/c1-5-6-7-10-22-20-24-23(11-13-28(4,35-24)12-8-9-21(2)3)26(31)25(22)27(32)30-16-14-29(15-17-30)18-19-34-33/h9,11,13,20,31,33H,5-8,10,12,14-19H2,1-4H3. The van der Waals surface area contributed by atoms with Gasteiger partial charge in [-0.1, -0.05) is 31.4 Å². The lowest BCUT2D eigenvalue weighted by atomic mass is 9.90. The molecule has 1 aromatic rings. The molecule has 2 aliphatic heterocycles. The number of fused-ring (bicyclic) bond motifs is 1. The average Bonchev–Trinajstić information content (AvgIpc) is 2.82. The van der Waals surface area contributed by atoms with Gasteiger partial charge in [-0.05, 0) is 70.2 Å². The van der Waals surface area contributed by atoms with Crippen molar-refractivity contribution >= 4 is 12.0 Å². The van der Waals surface area contributed by atoms with Crippen LogP contribution in [0.2, 0.25) is 0 Å². The van der Waals surface area contributed by atoms with E-state index in [-0.39, 0.29) is 18.3 Å². The lowest BCUT2D eigenvalue weighted by molar-refractivity contribution is -0.244. The first-order chi connectivity index (χ1) is 16.8. The van der Waals surface area contributed by atoms with Gasteiger partial charge < -0.3 is 14.7 Å². The van der Waals surface area contributed by atoms with Crippen LogP contribution in [0.15, 0.2) is 23.8 Å². The number of hydrogen-bond acceptors (Lipinski definition) is 6. The molecule has 0 bridgehead atoms. The summed E-state index contributed by atoms with van der Waals surface area (Å²) in [5.41, 5.74) is 2.69. The molecule has 1 aromatic carbocycles. The minimum atomic E-state index is -0.452. The molecule has 0 radical (unpaired) electrons. The fraction of sp³-hybridized carbons (Fsp3) is 0.607. The maximum Gasteiger partial charge on any atom is 0.258 e. The second-order valence-electron chi connectivity index (χ2n) is 10.2. The summed E-state index contributed by atoms with van der Waals surface area (Å²) >= 11 is 0. The Morgan fingerprint density at radius 1 is 1.23 bits per heavy atom. The number of phenols is 1. The van der Waals surface area contributed by atoms with Gasteiger partial charge in [0.1, 0.15) is 17.1 Å².